The highest BCUT2D eigenvalue weighted by Crippen LogP contribution is 2.34. The number of piperidine rings is 1. The number of rotatable bonds is 10. The molecule has 1 aliphatic heterocycles. The van der Waals surface area contributed by atoms with Crippen molar-refractivity contribution >= 4 is 5.96 Å². The Hall–Kier alpha value is -2.15. The Morgan fingerprint density at radius 1 is 1.00 bits per heavy atom. The van der Waals surface area contributed by atoms with Gasteiger partial charge in [-0.1, -0.05) is 12.8 Å². The van der Waals surface area contributed by atoms with Gasteiger partial charge in [-0.3, -0.25) is 4.99 Å². The van der Waals surface area contributed by atoms with E-state index in [-0.39, 0.29) is 0 Å². The molecule has 0 aromatic heterocycles. The monoisotopic (exact) mass is 447 g/mol. The number of methoxy groups -OCH3 is 3. The number of benzene rings is 1. The Balaban J connectivity index is 1.55. The molecule has 1 heterocycles. The second kappa shape index (κ2) is 12.8. The number of hydrogen-bond acceptors (Lipinski definition) is 5. The van der Waals surface area contributed by atoms with Gasteiger partial charge in [-0.05, 0) is 44.9 Å². The third-order valence-corrected chi connectivity index (χ3v) is 6.56. The van der Waals surface area contributed by atoms with Gasteiger partial charge in [0, 0.05) is 50.5 Å². The van der Waals surface area contributed by atoms with Gasteiger partial charge in [0.05, 0.1) is 27.4 Å². The number of hydrogen-bond donors (Lipinski definition) is 1. The van der Waals surface area contributed by atoms with Gasteiger partial charge in [0.25, 0.3) is 0 Å². The first kappa shape index (κ1) is 24.5. The van der Waals surface area contributed by atoms with Crippen molar-refractivity contribution in [1.82, 2.24) is 10.2 Å². The van der Waals surface area contributed by atoms with Crippen LogP contribution in [0.5, 0.6) is 17.2 Å². The molecule has 1 saturated heterocycles. The molecule has 1 saturated carbocycles. The summed E-state index contributed by atoms with van der Waals surface area (Å²) in [5.41, 5.74) is 1.01. The van der Waals surface area contributed by atoms with Gasteiger partial charge in [0.15, 0.2) is 5.96 Å². The first-order chi connectivity index (χ1) is 15.7. The zero-order chi connectivity index (χ0) is 22.8. The lowest BCUT2D eigenvalue weighted by molar-refractivity contribution is 0.00102. The zero-order valence-corrected chi connectivity index (χ0v) is 20.3. The van der Waals surface area contributed by atoms with E-state index in [1.54, 1.807) is 21.3 Å². The number of nitrogens with zero attached hydrogens (tertiary/aromatic N) is 2. The fourth-order valence-corrected chi connectivity index (χ4v) is 4.71. The molecule has 7 heteroatoms. The van der Waals surface area contributed by atoms with Crippen LogP contribution in [0.4, 0.5) is 0 Å². The second-order valence-corrected chi connectivity index (χ2v) is 8.67. The third kappa shape index (κ3) is 6.67. The molecule has 3 rings (SSSR count). The maximum atomic E-state index is 6.24. The van der Waals surface area contributed by atoms with Crippen LogP contribution in [0.1, 0.15) is 51.0 Å². The van der Waals surface area contributed by atoms with Crippen LogP contribution < -0.4 is 19.5 Å². The first-order valence-electron chi connectivity index (χ1n) is 12.1. The van der Waals surface area contributed by atoms with Crippen molar-refractivity contribution in [2.45, 2.75) is 58.0 Å². The smallest absolute Gasteiger partial charge is 0.193 e. The molecule has 0 radical (unpaired) electrons. The van der Waals surface area contributed by atoms with Crippen LogP contribution in [0, 0.1) is 5.92 Å². The highest BCUT2D eigenvalue weighted by atomic mass is 16.5. The Labute approximate surface area is 193 Å². The minimum absolute atomic E-state index is 0.391. The van der Waals surface area contributed by atoms with E-state index in [9.17, 15) is 0 Å². The van der Waals surface area contributed by atoms with Crippen molar-refractivity contribution in [3.8, 4) is 17.2 Å². The molecule has 1 aromatic rings. The number of aliphatic imine (C=N–C) groups is 1. The zero-order valence-electron chi connectivity index (χ0n) is 20.3. The first-order valence-corrected chi connectivity index (χ1v) is 12.1. The molecule has 0 unspecified atom stereocenters. The van der Waals surface area contributed by atoms with E-state index in [0.29, 0.717) is 12.6 Å². The summed E-state index contributed by atoms with van der Waals surface area (Å²) < 4.78 is 22.7. The maximum Gasteiger partial charge on any atom is 0.193 e. The lowest BCUT2D eigenvalue weighted by Gasteiger charge is -2.34. The molecular formula is C25H41N3O4. The van der Waals surface area contributed by atoms with Crippen molar-refractivity contribution in [2.24, 2.45) is 10.9 Å². The Morgan fingerprint density at radius 3 is 2.22 bits per heavy atom. The van der Waals surface area contributed by atoms with E-state index >= 15 is 0 Å². The van der Waals surface area contributed by atoms with Crippen LogP contribution in [0.2, 0.25) is 0 Å². The van der Waals surface area contributed by atoms with E-state index < -0.39 is 0 Å². The van der Waals surface area contributed by atoms with E-state index in [4.69, 9.17) is 23.9 Å². The summed E-state index contributed by atoms with van der Waals surface area (Å²) in [4.78, 5) is 7.27. The SMILES string of the molecule is CCNC(=NCCc1c(OC)cc(OC)cc1OC)N1CCC(OCC2CCCC2)CC1. The third-order valence-electron chi connectivity index (χ3n) is 6.56. The van der Waals surface area contributed by atoms with Crippen molar-refractivity contribution in [1.29, 1.82) is 0 Å². The minimum Gasteiger partial charge on any atom is -0.496 e. The molecular weight excluding hydrogens is 406 g/mol. The predicted octanol–water partition coefficient (Wildman–Crippen LogP) is 3.89. The average molecular weight is 448 g/mol. The summed E-state index contributed by atoms with van der Waals surface area (Å²) in [5, 5.41) is 3.46. The summed E-state index contributed by atoms with van der Waals surface area (Å²) >= 11 is 0. The van der Waals surface area contributed by atoms with Crippen LogP contribution in [0.3, 0.4) is 0 Å². The Kier molecular flexibility index (Phi) is 9.78. The maximum absolute atomic E-state index is 6.24. The normalized spacial score (nSPS) is 18.1. The summed E-state index contributed by atoms with van der Waals surface area (Å²) in [6.07, 6.45) is 8.70. The van der Waals surface area contributed by atoms with E-state index in [2.05, 4.69) is 17.1 Å². The topological polar surface area (TPSA) is 64.6 Å². The standard InChI is InChI=1S/C25H41N3O4/c1-5-26-25(28-14-11-20(12-15-28)32-18-19-8-6-7-9-19)27-13-10-22-23(30-3)16-21(29-2)17-24(22)31-4/h16-17,19-20H,5-15,18H2,1-4H3,(H,26,27). The summed E-state index contributed by atoms with van der Waals surface area (Å²) in [6.45, 7) is 6.53. The predicted molar refractivity (Wildman–Crippen MR) is 128 cm³/mol. The highest BCUT2D eigenvalue weighted by Gasteiger charge is 2.24. The van der Waals surface area contributed by atoms with Crippen LogP contribution in [-0.2, 0) is 11.2 Å². The lowest BCUT2D eigenvalue weighted by atomic mass is 10.1. The molecule has 2 aliphatic rings. The van der Waals surface area contributed by atoms with Crippen LogP contribution in [0.15, 0.2) is 17.1 Å². The molecule has 180 valence electrons. The molecule has 0 spiro atoms. The van der Waals surface area contributed by atoms with Crippen molar-refractivity contribution in [3.63, 3.8) is 0 Å². The Morgan fingerprint density at radius 2 is 1.66 bits per heavy atom. The van der Waals surface area contributed by atoms with Gasteiger partial charge in [-0.2, -0.15) is 0 Å². The molecule has 2 fully saturated rings. The van der Waals surface area contributed by atoms with Crippen LogP contribution in [0.25, 0.3) is 0 Å². The van der Waals surface area contributed by atoms with E-state index in [0.717, 1.165) is 80.2 Å². The fraction of sp³-hybridized carbons (Fsp3) is 0.720. The van der Waals surface area contributed by atoms with E-state index in [1.165, 1.54) is 25.7 Å². The van der Waals surface area contributed by atoms with Gasteiger partial charge < -0.3 is 29.2 Å². The highest BCUT2D eigenvalue weighted by molar-refractivity contribution is 5.80. The van der Waals surface area contributed by atoms with Gasteiger partial charge in [0.1, 0.15) is 17.2 Å². The van der Waals surface area contributed by atoms with Crippen molar-refractivity contribution in [2.75, 3.05) is 54.1 Å². The van der Waals surface area contributed by atoms with Gasteiger partial charge in [-0.15, -0.1) is 0 Å². The van der Waals surface area contributed by atoms with Crippen molar-refractivity contribution < 1.29 is 18.9 Å². The number of ether oxygens (including phenoxy) is 4. The van der Waals surface area contributed by atoms with E-state index in [1.807, 2.05) is 12.1 Å². The van der Waals surface area contributed by atoms with Gasteiger partial charge in [-0.25, -0.2) is 0 Å². The largest absolute Gasteiger partial charge is 0.496 e. The minimum atomic E-state index is 0.391. The number of nitrogens with one attached hydrogen (secondary N) is 1. The number of likely N-dealkylation sites (tertiary alicyclic amines) is 1. The average Bonchev–Trinajstić information content (AvgIpc) is 3.36. The van der Waals surface area contributed by atoms with Crippen LogP contribution in [-0.4, -0.2) is 71.1 Å². The molecule has 32 heavy (non-hydrogen) atoms. The quantitative estimate of drug-likeness (QED) is 0.434. The summed E-state index contributed by atoms with van der Waals surface area (Å²) in [7, 11) is 4.98. The summed E-state index contributed by atoms with van der Waals surface area (Å²) in [6, 6.07) is 3.78. The molecule has 0 bridgehead atoms. The summed E-state index contributed by atoms with van der Waals surface area (Å²) in [5.74, 6) is 4.02. The number of guanidine groups is 1. The molecule has 0 atom stereocenters. The molecule has 1 aromatic carbocycles. The van der Waals surface area contributed by atoms with Crippen molar-refractivity contribution in [3.05, 3.63) is 17.7 Å². The molecule has 7 nitrogen and oxygen atoms in total. The van der Waals surface area contributed by atoms with Gasteiger partial charge in [0.2, 0.25) is 0 Å². The fourth-order valence-electron chi connectivity index (χ4n) is 4.71. The van der Waals surface area contributed by atoms with Crippen LogP contribution >= 0.6 is 0 Å². The molecule has 1 N–H and O–H groups in total. The Bertz CT molecular complexity index is 701. The molecule has 0 amide bonds. The lowest BCUT2D eigenvalue weighted by Crippen LogP contribution is -2.47. The molecule has 1 aliphatic carbocycles. The second-order valence-electron chi connectivity index (χ2n) is 8.67. The van der Waals surface area contributed by atoms with Gasteiger partial charge >= 0.3 is 0 Å².